The van der Waals surface area contributed by atoms with Gasteiger partial charge in [-0.2, -0.15) is 0 Å². The van der Waals surface area contributed by atoms with E-state index in [1.165, 1.54) is 5.56 Å². The SMILES string of the molecule is CCOCC.Cc1ccc(S)cc1. The van der Waals surface area contributed by atoms with Crippen LogP contribution in [0.1, 0.15) is 19.4 Å². The van der Waals surface area contributed by atoms with Crippen molar-refractivity contribution in [2.24, 2.45) is 0 Å². The number of hydrogen-bond acceptors (Lipinski definition) is 2. The van der Waals surface area contributed by atoms with E-state index in [1.807, 2.05) is 38.1 Å². The highest BCUT2D eigenvalue weighted by atomic mass is 32.1. The Balaban J connectivity index is 0.000000252. The van der Waals surface area contributed by atoms with E-state index in [4.69, 9.17) is 4.74 Å². The summed E-state index contributed by atoms with van der Waals surface area (Å²) in [6.45, 7) is 7.73. The number of aryl methyl sites for hydroxylation is 1. The molecule has 0 saturated heterocycles. The molecule has 1 nitrogen and oxygen atoms in total. The van der Waals surface area contributed by atoms with Crippen molar-refractivity contribution in [3.05, 3.63) is 29.8 Å². The Morgan fingerprint density at radius 2 is 1.54 bits per heavy atom. The molecule has 0 amide bonds. The van der Waals surface area contributed by atoms with Gasteiger partial charge < -0.3 is 4.74 Å². The molecule has 0 aromatic heterocycles. The number of thiol groups is 1. The van der Waals surface area contributed by atoms with Gasteiger partial charge >= 0.3 is 0 Å². The minimum absolute atomic E-state index is 0.844. The topological polar surface area (TPSA) is 9.23 Å². The quantitative estimate of drug-likeness (QED) is 0.717. The molecule has 0 heterocycles. The molecule has 2 heteroatoms. The second-order valence-electron chi connectivity index (χ2n) is 2.62. The van der Waals surface area contributed by atoms with Crippen molar-refractivity contribution >= 4 is 12.6 Å². The third kappa shape index (κ3) is 7.88. The van der Waals surface area contributed by atoms with Crippen LogP contribution in [0.15, 0.2) is 29.2 Å². The van der Waals surface area contributed by atoms with E-state index in [0.717, 1.165) is 18.1 Å². The van der Waals surface area contributed by atoms with E-state index in [9.17, 15) is 0 Å². The van der Waals surface area contributed by atoms with E-state index in [2.05, 4.69) is 19.6 Å². The van der Waals surface area contributed by atoms with Gasteiger partial charge in [0.25, 0.3) is 0 Å². The molecule has 0 saturated carbocycles. The summed E-state index contributed by atoms with van der Waals surface area (Å²) >= 11 is 4.13. The average Bonchev–Trinajstić information content (AvgIpc) is 2.13. The Hall–Kier alpha value is -0.470. The zero-order chi connectivity index (χ0) is 10.1. The lowest BCUT2D eigenvalue weighted by Gasteiger charge is -1.89. The molecular formula is C11H18OS. The van der Waals surface area contributed by atoms with Crippen LogP contribution in [0.3, 0.4) is 0 Å². The molecule has 0 radical (unpaired) electrons. The lowest BCUT2D eigenvalue weighted by atomic mass is 10.2. The van der Waals surface area contributed by atoms with E-state index in [0.29, 0.717) is 0 Å². The first-order valence-electron chi connectivity index (χ1n) is 4.54. The maximum absolute atomic E-state index is 4.83. The Morgan fingerprint density at radius 3 is 1.77 bits per heavy atom. The molecule has 1 rings (SSSR count). The van der Waals surface area contributed by atoms with Gasteiger partial charge in [-0.3, -0.25) is 0 Å². The van der Waals surface area contributed by atoms with Gasteiger partial charge in [-0.05, 0) is 32.9 Å². The summed E-state index contributed by atoms with van der Waals surface area (Å²) < 4.78 is 4.83. The lowest BCUT2D eigenvalue weighted by Crippen LogP contribution is -1.84. The molecule has 0 fully saturated rings. The van der Waals surface area contributed by atoms with E-state index in [1.54, 1.807) is 0 Å². The van der Waals surface area contributed by atoms with Crippen molar-refractivity contribution in [1.82, 2.24) is 0 Å². The zero-order valence-corrected chi connectivity index (χ0v) is 9.47. The Morgan fingerprint density at radius 1 is 1.08 bits per heavy atom. The second kappa shape index (κ2) is 8.14. The zero-order valence-electron chi connectivity index (χ0n) is 8.58. The van der Waals surface area contributed by atoms with Gasteiger partial charge in [-0.25, -0.2) is 0 Å². The number of ether oxygens (including phenoxy) is 1. The smallest absolute Gasteiger partial charge is 0.0437 e. The van der Waals surface area contributed by atoms with E-state index < -0.39 is 0 Å². The van der Waals surface area contributed by atoms with Gasteiger partial charge in [-0.1, -0.05) is 17.7 Å². The van der Waals surface area contributed by atoms with E-state index in [-0.39, 0.29) is 0 Å². The highest BCUT2D eigenvalue weighted by Crippen LogP contribution is 2.05. The minimum atomic E-state index is 0.844. The molecule has 0 bridgehead atoms. The van der Waals surface area contributed by atoms with Crippen molar-refractivity contribution in [3.63, 3.8) is 0 Å². The minimum Gasteiger partial charge on any atom is -0.382 e. The maximum atomic E-state index is 4.83. The Labute approximate surface area is 86.5 Å². The normalized spacial score (nSPS) is 8.92. The van der Waals surface area contributed by atoms with Crippen molar-refractivity contribution in [2.75, 3.05) is 13.2 Å². The summed E-state index contributed by atoms with van der Waals surface area (Å²) in [4.78, 5) is 1.02. The molecule has 0 spiro atoms. The second-order valence-corrected chi connectivity index (χ2v) is 3.13. The predicted octanol–water partition coefficient (Wildman–Crippen LogP) is 3.33. The summed E-state index contributed by atoms with van der Waals surface area (Å²) in [6.07, 6.45) is 0. The number of benzene rings is 1. The Kier molecular flexibility index (Phi) is 7.85. The van der Waals surface area contributed by atoms with Gasteiger partial charge in [0.1, 0.15) is 0 Å². The molecule has 0 aliphatic carbocycles. The molecule has 1 aromatic carbocycles. The predicted molar refractivity (Wildman–Crippen MR) is 60.6 cm³/mol. The largest absolute Gasteiger partial charge is 0.382 e. The fourth-order valence-corrected chi connectivity index (χ4v) is 0.898. The molecular weight excluding hydrogens is 180 g/mol. The van der Waals surface area contributed by atoms with Gasteiger partial charge in [0.05, 0.1) is 0 Å². The lowest BCUT2D eigenvalue weighted by molar-refractivity contribution is 0.162. The molecule has 74 valence electrons. The maximum Gasteiger partial charge on any atom is 0.0437 e. The highest BCUT2D eigenvalue weighted by molar-refractivity contribution is 7.80. The van der Waals surface area contributed by atoms with Gasteiger partial charge in [0.15, 0.2) is 0 Å². The molecule has 0 N–H and O–H groups in total. The van der Waals surface area contributed by atoms with Crippen LogP contribution in [0.4, 0.5) is 0 Å². The number of rotatable bonds is 2. The molecule has 1 aromatic rings. The molecule has 13 heavy (non-hydrogen) atoms. The van der Waals surface area contributed by atoms with E-state index >= 15 is 0 Å². The molecule has 0 unspecified atom stereocenters. The molecule has 0 aliphatic rings. The van der Waals surface area contributed by atoms with Crippen LogP contribution in [0.2, 0.25) is 0 Å². The van der Waals surface area contributed by atoms with Crippen LogP contribution in [0.25, 0.3) is 0 Å². The van der Waals surface area contributed by atoms with Crippen LogP contribution >= 0.6 is 12.6 Å². The molecule has 0 aliphatic heterocycles. The standard InChI is InChI=1S/C7H8S.C4H10O/c1-6-2-4-7(8)5-3-6;1-3-5-4-2/h2-5,8H,1H3;3-4H2,1-2H3. The van der Waals surface area contributed by atoms with Crippen LogP contribution in [-0.4, -0.2) is 13.2 Å². The summed E-state index contributed by atoms with van der Waals surface area (Å²) in [7, 11) is 0. The van der Waals surface area contributed by atoms with Crippen molar-refractivity contribution in [1.29, 1.82) is 0 Å². The van der Waals surface area contributed by atoms with Gasteiger partial charge in [0, 0.05) is 18.1 Å². The molecule has 0 atom stereocenters. The monoisotopic (exact) mass is 198 g/mol. The van der Waals surface area contributed by atoms with Crippen LogP contribution < -0.4 is 0 Å². The fourth-order valence-electron chi connectivity index (χ4n) is 0.749. The summed E-state index contributed by atoms with van der Waals surface area (Å²) in [5.41, 5.74) is 1.28. The van der Waals surface area contributed by atoms with Crippen molar-refractivity contribution < 1.29 is 4.74 Å². The van der Waals surface area contributed by atoms with Crippen LogP contribution in [0, 0.1) is 6.92 Å². The average molecular weight is 198 g/mol. The highest BCUT2D eigenvalue weighted by Gasteiger charge is 1.80. The first kappa shape index (κ1) is 12.5. The van der Waals surface area contributed by atoms with Gasteiger partial charge in [0.2, 0.25) is 0 Å². The fraction of sp³-hybridized carbons (Fsp3) is 0.455. The Bertz CT molecular complexity index is 183. The van der Waals surface area contributed by atoms with Crippen molar-refractivity contribution in [3.8, 4) is 0 Å². The van der Waals surface area contributed by atoms with Crippen LogP contribution in [0.5, 0.6) is 0 Å². The first-order valence-corrected chi connectivity index (χ1v) is 4.98. The summed E-state index contributed by atoms with van der Waals surface area (Å²) in [6, 6.07) is 8.06. The summed E-state index contributed by atoms with van der Waals surface area (Å²) in [5, 5.41) is 0. The third-order valence-electron chi connectivity index (χ3n) is 1.44. The third-order valence-corrected chi connectivity index (χ3v) is 1.74. The first-order chi connectivity index (χ1) is 6.20. The van der Waals surface area contributed by atoms with Crippen LogP contribution in [-0.2, 0) is 4.74 Å². The van der Waals surface area contributed by atoms with Crippen molar-refractivity contribution in [2.45, 2.75) is 25.7 Å². The van der Waals surface area contributed by atoms with Gasteiger partial charge in [-0.15, -0.1) is 12.6 Å². The number of hydrogen-bond donors (Lipinski definition) is 1. The summed E-state index contributed by atoms with van der Waals surface area (Å²) in [5.74, 6) is 0.